The average molecular weight is 457 g/mol. The lowest BCUT2D eigenvalue weighted by Crippen LogP contribution is -2.25. The molecular formula is C25H20N4O3S. The first kappa shape index (κ1) is 19.6. The summed E-state index contributed by atoms with van der Waals surface area (Å²) in [4.78, 5) is 14.2. The van der Waals surface area contributed by atoms with Gasteiger partial charge in [0.1, 0.15) is 17.0 Å². The fourth-order valence-electron chi connectivity index (χ4n) is 4.11. The first-order chi connectivity index (χ1) is 16.2. The highest BCUT2D eigenvalue weighted by atomic mass is 32.1. The minimum Gasteiger partial charge on any atom is -0.454 e. The van der Waals surface area contributed by atoms with Crippen molar-refractivity contribution in [1.29, 1.82) is 0 Å². The van der Waals surface area contributed by atoms with Crippen LogP contribution in [0.2, 0.25) is 0 Å². The van der Waals surface area contributed by atoms with Gasteiger partial charge in [0.05, 0.1) is 10.6 Å². The Bertz CT molecular complexity index is 1470. The van der Waals surface area contributed by atoms with Crippen LogP contribution < -0.4 is 14.8 Å². The van der Waals surface area contributed by atoms with E-state index in [1.165, 1.54) is 0 Å². The van der Waals surface area contributed by atoms with E-state index in [4.69, 9.17) is 14.6 Å². The van der Waals surface area contributed by atoms with Gasteiger partial charge in [0, 0.05) is 19.0 Å². The third-order valence-electron chi connectivity index (χ3n) is 5.73. The third-order valence-corrected chi connectivity index (χ3v) is 6.61. The smallest absolute Gasteiger partial charge is 0.268 e. The zero-order chi connectivity index (χ0) is 22.4. The molecular weight excluding hydrogens is 436 g/mol. The molecule has 5 aromatic rings. The van der Waals surface area contributed by atoms with Crippen LogP contribution in [0.3, 0.4) is 0 Å². The second kappa shape index (κ2) is 7.83. The summed E-state index contributed by atoms with van der Waals surface area (Å²) in [5.41, 5.74) is 4.21. The molecule has 3 aromatic heterocycles. The number of carbonyl (C=O) groups excluding carboxylic acids is 1. The fourth-order valence-corrected chi connectivity index (χ4v) is 4.83. The fraction of sp³-hybridized carbons (Fsp3) is 0.120. The second-order valence-electron chi connectivity index (χ2n) is 7.77. The predicted molar refractivity (Wildman–Crippen MR) is 127 cm³/mol. The second-order valence-corrected chi connectivity index (χ2v) is 8.72. The minimum atomic E-state index is -0.150. The van der Waals surface area contributed by atoms with Crippen LogP contribution in [0.1, 0.15) is 16.1 Å². The Morgan fingerprint density at radius 2 is 1.91 bits per heavy atom. The Kier molecular flexibility index (Phi) is 4.66. The molecule has 0 saturated heterocycles. The highest BCUT2D eigenvalue weighted by Crippen LogP contribution is 2.35. The molecule has 0 spiro atoms. The molecule has 2 aromatic carbocycles. The van der Waals surface area contributed by atoms with Crippen molar-refractivity contribution in [3.63, 3.8) is 0 Å². The summed E-state index contributed by atoms with van der Waals surface area (Å²) in [6.07, 6.45) is 0. The number of hydrogen-bond acceptors (Lipinski definition) is 5. The van der Waals surface area contributed by atoms with E-state index in [0.29, 0.717) is 18.0 Å². The van der Waals surface area contributed by atoms with Crippen LogP contribution in [0.15, 0.2) is 72.1 Å². The van der Waals surface area contributed by atoms with E-state index in [0.717, 1.165) is 38.6 Å². The normalized spacial score (nSPS) is 12.4. The number of nitrogens with one attached hydrogen (secondary N) is 1. The van der Waals surface area contributed by atoms with Crippen LogP contribution in [-0.2, 0) is 13.6 Å². The van der Waals surface area contributed by atoms with Crippen molar-refractivity contribution in [2.24, 2.45) is 7.05 Å². The summed E-state index contributed by atoms with van der Waals surface area (Å²) >= 11 is 1.63. The highest BCUT2D eigenvalue weighted by molar-refractivity contribution is 7.13. The van der Waals surface area contributed by atoms with Crippen molar-refractivity contribution >= 4 is 28.3 Å². The van der Waals surface area contributed by atoms with Crippen molar-refractivity contribution in [2.75, 3.05) is 6.79 Å². The maximum atomic E-state index is 13.2. The lowest BCUT2D eigenvalue weighted by molar-refractivity contribution is 0.0943. The van der Waals surface area contributed by atoms with Gasteiger partial charge in [-0.25, -0.2) is 4.68 Å². The number of nitrogens with zero attached hydrogens (tertiary/aromatic N) is 3. The van der Waals surface area contributed by atoms with Crippen molar-refractivity contribution in [3.05, 3.63) is 83.4 Å². The van der Waals surface area contributed by atoms with Gasteiger partial charge in [0.15, 0.2) is 11.5 Å². The molecule has 6 rings (SSSR count). The molecule has 1 N–H and O–H groups in total. The highest BCUT2D eigenvalue weighted by Gasteiger charge is 2.23. The van der Waals surface area contributed by atoms with Crippen LogP contribution in [0.4, 0.5) is 0 Å². The number of fused-ring (bicyclic) bond motifs is 2. The van der Waals surface area contributed by atoms with Crippen LogP contribution in [0, 0.1) is 0 Å². The quantitative estimate of drug-likeness (QED) is 0.414. The molecule has 0 fully saturated rings. The Hall–Kier alpha value is -4.04. The molecule has 7 nitrogen and oxygen atoms in total. The molecule has 8 heteroatoms. The standard InChI is InChI=1S/C25H20N4O3S/c1-28-19(24(30)26-14-16-9-10-20-21(12-16)32-15-31-20)13-18-23(22-8-5-11-33-22)27-29(25(18)28)17-6-3-2-4-7-17/h2-13H,14-15H2,1H3,(H,26,30). The van der Waals surface area contributed by atoms with E-state index in [1.807, 2.05) is 88.4 Å². The van der Waals surface area contributed by atoms with Crippen LogP contribution in [0.5, 0.6) is 11.5 Å². The number of carbonyl (C=O) groups is 1. The number of aryl methyl sites for hydroxylation is 1. The Balaban J connectivity index is 1.37. The lowest BCUT2D eigenvalue weighted by atomic mass is 10.2. The van der Waals surface area contributed by atoms with E-state index in [2.05, 4.69) is 5.32 Å². The predicted octanol–water partition coefficient (Wildman–Crippen LogP) is 4.75. The van der Waals surface area contributed by atoms with E-state index in [9.17, 15) is 4.79 Å². The van der Waals surface area contributed by atoms with Gasteiger partial charge in [-0.3, -0.25) is 4.79 Å². The van der Waals surface area contributed by atoms with E-state index >= 15 is 0 Å². The SMILES string of the molecule is Cn1c(C(=O)NCc2ccc3c(c2)OCO3)cc2c(-c3cccs3)nn(-c3ccccc3)c21. The van der Waals surface area contributed by atoms with Gasteiger partial charge in [0.2, 0.25) is 6.79 Å². The number of para-hydroxylation sites is 1. The maximum Gasteiger partial charge on any atom is 0.268 e. The van der Waals surface area contributed by atoms with Gasteiger partial charge in [0.25, 0.3) is 5.91 Å². The number of ether oxygens (including phenoxy) is 2. The zero-order valence-electron chi connectivity index (χ0n) is 17.8. The first-order valence-corrected chi connectivity index (χ1v) is 11.4. The molecule has 1 amide bonds. The van der Waals surface area contributed by atoms with Gasteiger partial charge in [-0.05, 0) is 47.3 Å². The molecule has 0 unspecified atom stereocenters. The van der Waals surface area contributed by atoms with Crippen molar-refractivity contribution in [1.82, 2.24) is 19.7 Å². The molecule has 0 saturated carbocycles. The molecule has 0 aliphatic carbocycles. The van der Waals surface area contributed by atoms with Gasteiger partial charge in [-0.15, -0.1) is 11.3 Å². The molecule has 4 heterocycles. The van der Waals surface area contributed by atoms with Crippen molar-refractivity contribution in [3.8, 4) is 27.8 Å². The lowest BCUT2D eigenvalue weighted by Gasteiger charge is -2.09. The molecule has 0 radical (unpaired) electrons. The largest absolute Gasteiger partial charge is 0.454 e. The molecule has 0 atom stereocenters. The molecule has 1 aliphatic rings. The maximum absolute atomic E-state index is 13.2. The summed E-state index contributed by atoms with van der Waals surface area (Å²) in [7, 11) is 1.90. The number of thiophene rings is 1. The van der Waals surface area contributed by atoms with Gasteiger partial charge in [-0.1, -0.05) is 30.3 Å². The van der Waals surface area contributed by atoms with E-state index in [-0.39, 0.29) is 12.7 Å². The van der Waals surface area contributed by atoms with Crippen molar-refractivity contribution < 1.29 is 14.3 Å². The van der Waals surface area contributed by atoms with Gasteiger partial charge < -0.3 is 19.4 Å². The topological polar surface area (TPSA) is 70.3 Å². The number of aromatic nitrogens is 3. The number of amides is 1. The number of hydrogen-bond donors (Lipinski definition) is 1. The van der Waals surface area contributed by atoms with Crippen LogP contribution in [-0.4, -0.2) is 27.0 Å². The summed E-state index contributed by atoms with van der Waals surface area (Å²) in [6.45, 7) is 0.617. The Morgan fingerprint density at radius 1 is 1.06 bits per heavy atom. The summed E-state index contributed by atoms with van der Waals surface area (Å²) in [5, 5.41) is 10.9. The van der Waals surface area contributed by atoms with Crippen LogP contribution in [0.25, 0.3) is 27.3 Å². The first-order valence-electron chi connectivity index (χ1n) is 10.5. The average Bonchev–Trinajstić information content (AvgIpc) is 3.63. The van der Waals surface area contributed by atoms with Gasteiger partial charge in [-0.2, -0.15) is 5.10 Å². The van der Waals surface area contributed by atoms with Crippen LogP contribution >= 0.6 is 11.3 Å². The number of rotatable bonds is 5. The number of benzene rings is 2. The summed E-state index contributed by atoms with van der Waals surface area (Å²) < 4.78 is 14.6. The van der Waals surface area contributed by atoms with E-state index in [1.54, 1.807) is 11.3 Å². The zero-order valence-corrected chi connectivity index (χ0v) is 18.6. The monoisotopic (exact) mass is 456 g/mol. The van der Waals surface area contributed by atoms with E-state index < -0.39 is 0 Å². The summed E-state index contributed by atoms with van der Waals surface area (Å²) in [5.74, 6) is 1.28. The Morgan fingerprint density at radius 3 is 2.73 bits per heavy atom. The van der Waals surface area contributed by atoms with Crippen molar-refractivity contribution in [2.45, 2.75) is 6.54 Å². The molecule has 164 valence electrons. The Labute approximate surface area is 193 Å². The summed E-state index contributed by atoms with van der Waals surface area (Å²) in [6, 6.07) is 21.6. The van der Waals surface area contributed by atoms with Gasteiger partial charge >= 0.3 is 0 Å². The molecule has 0 bridgehead atoms. The molecule has 33 heavy (non-hydrogen) atoms. The molecule has 1 aliphatic heterocycles. The third kappa shape index (κ3) is 3.35. The minimum absolute atomic E-state index is 0.150.